The Bertz CT molecular complexity index is 728. The van der Waals surface area contributed by atoms with Gasteiger partial charge < -0.3 is 16.0 Å². The molecule has 0 radical (unpaired) electrons. The van der Waals surface area contributed by atoms with Crippen LogP contribution in [0.4, 0.5) is 5.69 Å². The van der Waals surface area contributed by atoms with E-state index in [1.165, 1.54) is 38.2 Å². The van der Waals surface area contributed by atoms with Crippen molar-refractivity contribution in [2.75, 3.05) is 38.5 Å². The number of likely N-dealkylation sites (N-methyl/N-ethyl adjacent to an activating group) is 1. The number of benzene rings is 1. The highest BCUT2D eigenvalue weighted by Crippen LogP contribution is 2.17. The maximum Gasteiger partial charge on any atom is 0.243 e. The molecule has 2 amide bonds. The molecule has 9 heteroatoms. The fourth-order valence-corrected chi connectivity index (χ4v) is 3.92. The lowest BCUT2D eigenvalue weighted by Crippen LogP contribution is -2.42. The van der Waals surface area contributed by atoms with Crippen molar-refractivity contribution >= 4 is 27.5 Å². The summed E-state index contributed by atoms with van der Waals surface area (Å²) in [4.78, 5) is 23.1. The molecule has 1 heterocycles. The lowest BCUT2D eigenvalue weighted by Gasteiger charge is -2.23. The van der Waals surface area contributed by atoms with E-state index < -0.39 is 10.0 Å². The lowest BCUT2D eigenvalue weighted by molar-refractivity contribution is -0.121. The Labute approximate surface area is 154 Å². The van der Waals surface area contributed by atoms with Gasteiger partial charge in [0.1, 0.15) is 0 Å². The normalized spacial score (nSPS) is 17.7. The molecule has 1 unspecified atom stereocenters. The van der Waals surface area contributed by atoms with E-state index in [1.54, 1.807) is 0 Å². The Kier molecular flexibility index (Phi) is 7.13. The quantitative estimate of drug-likeness (QED) is 0.632. The first-order chi connectivity index (χ1) is 12.3. The molecule has 0 spiro atoms. The highest BCUT2D eigenvalue weighted by atomic mass is 32.2. The topological polar surface area (TPSA) is 108 Å². The Morgan fingerprint density at radius 2 is 1.96 bits per heavy atom. The summed E-state index contributed by atoms with van der Waals surface area (Å²) < 4.78 is 26.1. The number of hydrogen-bond donors (Lipinski definition) is 3. The number of carbonyl (C=O) groups is 2. The molecule has 0 aliphatic carbocycles. The van der Waals surface area contributed by atoms with E-state index in [9.17, 15) is 18.0 Å². The maximum absolute atomic E-state index is 12.6. The van der Waals surface area contributed by atoms with E-state index in [4.69, 9.17) is 0 Å². The van der Waals surface area contributed by atoms with Gasteiger partial charge in [-0.25, -0.2) is 8.42 Å². The van der Waals surface area contributed by atoms with Gasteiger partial charge in [0.2, 0.25) is 21.8 Å². The van der Waals surface area contributed by atoms with Crippen LogP contribution in [0.1, 0.15) is 19.8 Å². The monoisotopic (exact) mass is 382 g/mol. The van der Waals surface area contributed by atoms with E-state index in [0.29, 0.717) is 18.2 Å². The zero-order valence-electron chi connectivity index (χ0n) is 15.1. The van der Waals surface area contributed by atoms with Gasteiger partial charge in [0.25, 0.3) is 0 Å². The van der Waals surface area contributed by atoms with Crippen molar-refractivity contribution in [3.05, 3.63) is 24.3 Å². The number of hydrogen-bond acceptors (Lipinski definition) is 5. The molecule has 0 saturated carbocycles. The number of nitrogens with zero attached hydrogens (tertiary/aromatic N) is 1. The number of sulfonamides is 1. The molecule has 8 nitrogen and oxygen atoms in total. The van der Waals surface area contributed by atoms with Crippen molar-refractivity contribution in [3.8, 4) is 0 Å². The number of nitrogens with one attached hydrogen (secondary N) is 3. The Morgan fingerprint density at radius 1 is 1.27 bits per heavy atom. The van der Waals surface area contributed by atoms with E-state index >= 15 is 0 Å². The summed E-state index contributed by atoms with van der Waals surface area (Å²) in [5, 5.41) is 8.66. The largest absolute Gasteiger partial charge is 0.355 e. The SMILES string of the molecule is CC(=O)Nc1ccc(S(=O)(=O)N(C)CC(=O)NCC2CCCNC2)cc1. The highest BCUT2D eigenvalue weighted by Gasteiger charge is 2.23. The van der Waals surface area contributed by atoms with Crippen molar-refractivity contribution in [1.82, 2.24) is 14.9 Å². The number of anilines is 1. The van der Waals surface area contributed by atoms with Crippen molar-refractivity contribution in [2.24, 2.45) is 5.92 Å². The minimum Gasteiger partial charge on any atom is -0.355 e. The maximum atomic E-state index is 12.6. The lowest BCUT2D eigenvalue weighted by atomic mass is 10.00. The molecule has 144 valence electrons. The molecule has 26 heavy (non-hydrogen) atoms. The number of piperidine rings is 1. The van der Waals surface area contributed by atoms with Crippen LogP contribution >= 0.6 is 0 Å². The molecule has 1 aromatic rings. The molecule has 1 aliphatic heterocycles. The van der Waals surface area contributed by atoms with Gasteiger partial charge in [-0.15, -0.1) is 0 Å². The smallest absolute Gasteiger partial charge is 0.243 e. The second-order valence-corrected chi connectivity index (χ2v) is 8.53. The van der Waals surface area contributed by atoms with Gasteiger partial charge in [-0.1, -0.05) is 0 Å². The van der Waals surface area contributed by atoms with Crippen LogP contribution in [-0.4, -0.2) is 57.8 Å². The second-order valence-electron chi connectivity index (χ2n) is 6.48. The van der Waals surface area contributed by atoms with Gasteiger partial charge in [-0.2, -0.15) is 4.31 Å². The average Bonchev–Trinajstić information content (AvgIpc) is 2.61. The van der Waals surface area contributed by atoms with Crippen molar-refractivity contribution in [3.63, 3.8) is 0 Å². The first-order valence-corrected chi connectivity index (χ1v) is 10.0. The van der Waals surface area contributed by atoms with Crippen molar-refractivity contribution in [2.45, 2.75) is 24.7 Å². The van der Waals surface area contributed by atoms with Crippen LogP contribution in [-0.2, 0) is 19.6 Å². The van der Waals surface area contributed by atoms with Crippen LogP contribution in [0, 0.1) is 5.92 Å². The van der Waals surface area contributed by atoms with Crippen LogP contribution in [0.3, 0.4) is 0 Å². The highest BCUT2D eigenvalue weighted by molar-refractivity contribution is 7.89. The Balaban J connectivity index is 1.90. The van der Waals surface area contributed by atoms with Crippen LogP contribution in [0.15, 0.2) is 29.2 Å². The Hall–Kier alpha value is -1.97. The summed E-state index contributed by atoms with van der Waals surface area (Å²) in [7, 11) is -2.40. The van der Waals surface area contributed by atoms with Crippen molar-refractivity contribution < 1.29 is 18.0 Å². The molecule has 1 atom stereocenters. The molecule has 1 aromatic carbocycles. The molecular formula is C17H26N4O4S. The van der Waals surface area contributed by atoms with Crippen LogP contribution < -0.4 is 16.0 Å². The zero-order chi connectivity index (χ0) is 19.2. The Morgan fingerprint density at radius 3 is 2.54 bits per heavy atom. The number of rotatable bonds is 7. The predicted octanol–water partition coefficient (Wildman–Crippen LogP) is 0.381. The van der Waals surface area contributed by atoms with Crippen molar-refractivity contribution in [1.29, 1.82) is 0 Å². The van der Waals surface area contributed by atoms with Gasteiger partial charge in [0, 0.05) is 26.2 Å². The number of amides is 2. The molecule has 0 bridgehead atoms. The van der Waals surface area contributed by atoms with E-state index in [0.717, 1.165) is 30.2 Å². The predicted molar refractivity (Wildman–Crippen MR) is 99.2 cm³/mol. The van der Waals surface area contributed by atoms with Crippen LogP contribution in [0.5, 0.6) is 0 Å². The van der Waals surface area contributed by atoms with Gasteiger partial charge in [-0.3, -0.25) is 9.59 Å². The molecular weight excluding hydrogens is 356 g/mol. The van der Waals surface area contributed by atoms with Gasteiger partial charge in [0.05, 0.1) is 11.4 Å². The standard InChI is InChI=1S/C17H26N4O4S/c1-13(22)20-15-5-7-16(8-6-15)26(24,25)21(2)12-17(23)19-11-14-4-3-9-18-10-14/h5-8,14,18H,3-4,9-12H2,1-2H3,(H,19,23)(H,20,22). The fourth-order valence-electron chi connectivity index (χ4n) is 2.79. The first kappa shape index (κ1) is 20.3. The molecule has 1 fully saturated rings. The van der Waals surface area contributed by atoms with Gasteiger partial charge in [-0.05, 0) is 56.1 Å². The summed E-state index contributed by atoms with van der Waals surface area (Å²) in [6.07, 6.45) is 2.14. The minimum atomic E-state index is -3.78. The average molecular weight is 382 g/mol. The van der Waals surface area contributed by atoms with E-state index in [1.807, 2.05) is 0 Å². The van der Waals surface area contributed by atoms with E-state index in [-0.39, 0.29) is 23.3 Å². The summed E-state index contributed by atoms with van der Waals surface area (Å²) in [6, 6.07) is 5.84. The van der Waals surface area contributed by atoms with Gasteiger partial charge >= 0.3 is 0 Å². The molecule has 1 saturated heterocycles. The summed E-state index contributed by atoms with van der Waals surface area (Å²) >= 11 is 0. The third kappa shape index (κ3) is 5.79. The number of carbonyl (C=O) groups excluding carboxylic acids is 2. The third-order valence-corrected chi connectivity index (χ3v) is 6.05. The molecule has 1 aliphatic rings. The third-order valence-electron chi connectivity index (χ3n) is 4.24. The first-order valence-electron chi connectivity index (χ1n) is 8.60. The molecule has 2 rings (SSSR count). The zero-order valence-corrected chi connectivity index (χ0v) is 15.9. The van der Waals surface area contributed by atoms with Crippen LogP contribution in [0.25, 0.3) is 0 Å². The fraction of sp³-hybridized carbons (Fsp3) is 0.529. The summed E-state index contributed by atoms with van der Waals surface area (Å²) in [6.45, 7) is 3.56. The summed E-state index contributed by atoms with van der Waals surface area (Å²) in [5.41, 5.74) is 0.512. The van der Waals surface area contributed by atoms with Gasteiger partial charge in [0.15, 0.2) is 0 Å². The summed E-state index contributed by atoms with van der Waals surface area (Å²) in [5.74, 6) is -0.171. The molecule has 3 N–H and O–H groups in total. The van der Waals surface area contributed by atoms with Crippen LogP contribution in [0.2, 0.25) is 0 Å². The molecule has 0 aromatic heterocycles. The van der Waals surface area contributed by atoms with E-state index in [2.05, 4.69) is 16.0 Å². The minimum absolute atomic E-state index is 0.0679. The second kappa shape index (κ2) is 9.11.